The van der Waals surface area contributed by atoms with E-state index in [0.717, 1.165) is 19.3 Å². The largest absolute Gasteiger partial charge is 0.469 e. The van der Waals surface area contributed by atoms with Crippen molar-refractivity contribution in [2.24, 2.45) is 5.73 Å². The standard InChI is InChI=1S/C18H40NO5P.C2H6/c1-2-3-4-5-6-7-8-9-10-11-12-13-14-15-18(20)17(19)16-24-25(21,22)23;1-2/h17-18,20H,2-16,19H2,1H3,(H2,21,22,23);1-2H3/t17-,18+;/m0./s1. The van der Waals surface area contributed by atoms with Crippen LogP contribution < -0.4 is 5.73 Å². The number of rotatable bonds is 18. The molecule has 0 bridgehead atoms. The highest BCUT2D eigenvalue weighted by atomic mass is 31.2. The maximum Gasteiger partial charge on any atom is 0.469 e. The Labute approximate surface area is 167 Å². The first kappa shape index (κ1) is 29.2. The van der Waals surface area contributed by atoms with Crippen molar-refractivity contribution in [3.63, 3.8) is 0 Å². The van der Waals surface area contributed by atoms with Gasteiger partial charge in [-0.15, -0.1) is 0 Å². The molecule has 7 heteroatoms. The van der Waals surface area contributed by atoms with Crippen molar-refractivity contribution < 1.29 is 24.0 Å². The summed E-state index contributed by atoms with van der Waals surface area (Å²) in [5.41, 5.74) is 5.65. The molecular formula is C20H46NO5P. The highest BCUT2D eigenvalue weighted by Gasteiger charge is 2.20. The normalized spacial score (nSPS) is 13.7. The molecule has 0 aliphatic rings. The molecule has 27 heavy (non-hydrogen) atoms. The third-order valence-corrected chi connectivity index (χ3v) is 5.02. The van der Waals surface area contributed by atoms with Gasteiger partial charge in [0.25, 0.3) is 0 Å². The van der Waals surface area contributed by atoms with Gasteiger partial charge in [0.05, 0.1) is 18.8 Å². The minimum Gasteiger partial charge on any atom is -0.391 e. The van der Waals surface area contributed by atoms with Crippen molar-refractivity contribution in [2.45, 2.75) is 123 Å². The van der Waals surface area contributed by atoms with Crippen molar-refractivity contribution in [3.8, 4) is 0 Å². The lowest BCUT2D eigenvalue weighted by Crippen LogP contribution is -2.38. The lowest BCUT2D eigenvalue weighted by molar-refractivity contribution is 0.0931. The fourth-order valence-electron chi connectivity index (χ4n) is 2.88. The van der Waals surface area contributed by atoms with Gasteiger partial charge in [-0.1, -0.05) is 104 Å². The summed E-state index contributed by atoms with van der Waals surface area (Å²) < 4.78 is 14.9. The van der Waals surface area contributed by atoms with Gasteiger partial charge in [-0.2, -0.15) is 0 Å². The topological polar surface area (TPSA) is 113 Å². The third kappa shape index (κ3) is 24.0. The highest BCUT2D eigenvalue weighted by molar-refractivity contribution is 7.46. The summed E-state index contributed by atoms with van der Waals surface area (Å²) in [6, 6.07) is -0.759. The number of unbranched alkanes of at least 4 members (excludes halogenated alkanes) is 12. The molecule has 0 rings (SSSR count). The average Bonchev–Trinajstić information content (AvgIpc) is 2.64. The van der Waals surface area contributed by atoms with Crippen LogP contribution in [0.3, 0.4) is 0 Å². The molecule has 2 atom stereocenters. The zero-order valence-corrected chi connectivity index (χ0v) is 18.8. The molecule has 0 spiro atoms. The van der Waals surface area contributed by atoms with E-state index in [-0.39, 0.29) is 6.61 Å². The van der Waals surface area contributed by atoms with Gasteiger partial charge in [0.2, 0.25) is 0 Å². The van der Waals surface area contributed by atoms with Crippen molar-refractivity contribution in [1.29, 1.82) is 0 Å². The second-order valence-corrected chi connectivity index (χ2v) is 8.29. The molecule has 0 unspecified atom stereocenters. The van der Waals surface area contributed by atoms with Crippen LogP contribution in [0.5, 0.6) is 0 Å². The van der Waals surface area contributed by atoms with Gasteiger partial charge in [-0.3, -0.25) is 4.52 Å². The van der Waals surface area contributed by atoms with Crippen molar-refractivity contribution in [3.05, 3.63) is 0 Å². The minimum atomic E-state index is -4.51. The number of aliphatic hydroxyl groups excluding tert-OH is 1. The van der Waals surface area contributed by atoms with Crippen LogP contribution in [0.4, 0.5) is 0 Å². The van der Waals surface area contributed by atoms with E-state index in [0.29, 0.717) is 6.42 Å². The zero-order chi connectivity index (χ0) is 21.0. The fraction of sp³-hybridized carbons (Fsp3) is 1.00. The summed E-state index contributed by atoms with van der Waals surface area (Å²) in [6.07, 6.45) is 16.2. The van der Waals surface area contributed by atoms with Crippen LogP contribution in [-0.4, -0.2) is 33.6 Å². The van der Waals surface area contributed by atoms with Crippen LogP contribution in [0, 0.1) is 0 Å². The SMILES string of the molecule is CC.CCCCCCCCCCCCCCC[C@@H](O)[C@@H](N)COP(=O)(O)O. The summed E-state index contributed by atoms with van der Waals surface area (Å²) in [5, 5.41) is 9.83. The number of hydrogen-bond donors (Lipinski definition) is 4. The predicted molar refractivity (Wildman–Crippen MR) is 114 cm³/mol. The zero-order valence-electron chi connectivity index (χ0n) is 17.9. The second kappa shape index (κ2) is 20.8. The molecule has 0 aliphatic heterocycles. The van der Waals surface area contributed by atoms with E-state index in [2.05, 4.69) is 11.4 Å². The Morgan fingerprint density at radius 3 is 1.56 bits per heavy atom. The molecule has 166 valence electrons. The van der Waals surface area contributed by atoms with Gasteiger partial charge in [0.1, 0.15) is 0 Å². The summed E-state index contributed by atoms with van der Waals surface area (Å²) in [6.45, 7) is 5.92. The molecule has 0 fully saturated rings. The molecule has 0 aliphatic carbocycles. The minimum absolute atomic E-state index is 0.329. The van der Waals surface area contributed by atoms with Gasteiger partial charge in [0.15, 0.2) is 0 Å². The van der Waals surface area contributed by atoms with Gasteiger partial charge < -0.3 is 20.6 Å². The maximum atomic E-state index is 10.6. The first-order valence-electron chi connectivity index (χ1n) is 11.0. The van der Waals surface area contributed by atoms with Gasteiger partial charge in [0, 0.05) is 0 Å². The Hall–Kier alpha value is 0.0300. The molecule has 0 saturated heterocycles. The van der Waals surface area contributed by atoms with Gasteiger partial charge in [-0.05, 0) is 6.42 Å². The van der Waals surface area contributed by atoms with Crippen LogP contribution in [-0.2, 0) is 9.09 Å². The van der Waals surface area contributed by atoms with Crippen LogP contribution in [0.25, 0.3) is 0 Å². The average molecular weight is 412 g/mol. The summed E-state index contributed by atoms with van der Waals surface area (Å²) in [5.74, 6) is 0. The number of phosphoric acid groups is 1. The molecule has 0 aromatic carbocycles. The summed E-state index contributed by atoms with van der Waals surface area (Å²) in [4.78, 5) is 17.2. The first-order valence-corrected chi connectivity index (χ1v) is 12.5. The Morgan fingerprint density at radius 1 is 0.815 bits per heavy atom. The molecule has 0 amide bonds. The Balaban J connectivity index is 0. The molecular weight excluding hydrogens is 365 g/mol. The van der Waals surface area contributed by atoms with Crippen LogP contribution in [0.1, 0.15) is 111 Å². The first-order chi connectivity index (χ1) is 12.9. The molecule has 6 nitrogen and oxygen atoms in total. The molecule has 0 aromatic heterocycles. The molecule has 0 radical (unpaired) electrons. The lowest BCUT2D eigenvalue weighted by Gasteiger charge is -2.18. The Morgan fingerprint density at radius 2 is 1.19 bits per heavy atom. The van der Waals surface area contributed by atoms with E-state index in [9.17, 15) is 9.67 Å². The van der Waals surface area contributed by atoms with Crippen LogP contribution in [0.2, 0.25) is 0 Å². The molecule has 0 aromatic rings. The number of aliphatic hydroxyl groups is 1. The summed E-state index contributed by atoms with van der Waals surface area (Å²) in [7, 11) is -4.51. The molecule has 5 N–H and O–H groups in total. The maximum absolute atomic E-state index is 10.6. The van der Waals surface area contributed by atoms with Crippen molar-refractivity contribution >= 4 is 7.82 Å². The lowest BCUT2D eigenvalue weighted by atomic mass is 10.0. The highest BCUT2D eigenvalue weighted by Crippen LogP contribution is 2.35. The molecule has 0 saturated carbocycles. The van der Waals surface area contributed by atoms with E-state index in [1.807, 2.05) is 13.8 Å². The van der Waals surface area contributed by atoms with Crippen molar-refractivity contribution in [1.82, 2.24) is 0 Å². The number of nitrogens with two attached hydrogens (primary N) is 1. The third-order valence-electron chi connectivity index (χ3n) is 4.53. The second-order valence-electron chi connectivity index (χ2n) is 7.05. The van der Waals surface area contributed by atoms with E-state index in [4.69, 9.17) is 15.5 Å². The number of hydrogen-bond acceptors (Lipinski definition) is 4. The quantitative estimate of drug-likeness (QED) is 0.180. The van der Waals surface area contributed by atoms with Crippen LogP contribution in [0.15, 0.2) is 0 Å². The van der Waals surface area contributed by atoms with E-state index >= 15 is 0 Å². The fourth-order valence-corrected chi connectivity index (χ4v) is 3.25. The Kier molecular flexibility index (Phi) is 22.5. The number of phosphoric ester groups is 1. The predicted octanol–water partition coefficient (Wildman–Crippen LogP) is 5.29. The summed E-state index contributed by atoms with van der Waals surface area (Å²) >= 11 is 0. The smallest absolute Gasteiger partial charge is 0.391 e. The van der Waals surface area contributed by atoms with E-state index in [1.165, 1.54) is 64.2 Å². The van der Waals surface area contributed by atoms with Crippen molar-refractivity contribution in [2.75, 3.05) is 6.61 Å². The van der Waals surface area contributed by atoms with E-state index < -0.39 is 20.0 Å². The van der Waals surface area contributed by atoms with E-state index in [1.54, 1.807) is 0 Å². The van der Waals surface area contributed by atoms with Gasteiger partial charge >= 0.3 is 7.82 Å². The van der Waals surface area contributed by atoms with Gasteiger partial charge in [-0.25, -0.2) is 4.57 Å². The van der Waals surface area contributed by atoms with Crippen LogP contribution >= 0.6 is 7.82 Å². The molecule has 0 heterocycles. The Bertz CT molecular complexity index is 338. The monoisotopic (exact) mass is 411 g/mol.